The van der Waals surface area contributed by atoms with E-state index in [2.05, 4.69) is 22.1 Å². The van der Waals surface area contributed by atoms with Gasteiger partial charge in [-0.15, -0.1) is 0 Å². The van der Waals surface area contributed by atoms with Crippen molar-refractivity contribution in [2.45, 2.75) is 51.2 Å². The Bertz CT molecular complexity index is 428. The third kappa shape index (κ3) is 6.82. The molecule has 0 aromatic rings. The molecule has 7 heteroatoms. The third-order valence-corrected chi connectivity index (χ3v) is 4.68. The Morgan fingerprint density at radius 2 is 2.08 bits per heavy atom. The maximum absolute atomic E-state index is 11.8. The first-order valence-corrected chi connectivity index (χ1v) is 9.56. The summed E-state index contributed by atoms with van der Waals surface area (Å²) in [5, 5.41) is 3.37. The lowest BCUT2D eigenvalue weighted by Crippen LogP contribution is -2.47. The number of amides is 1. The Morgan fingerprint density at radius 1 is 1.32 bits per heavy atom. The molecule has 0 bridgehead atoms. The van der Waals surface area contributed by atoms with Crippen LogP contribution in [0.15, 0.2) is 4.99 Å². The van der Waals surface area contributed by atoms with Crippen LogP contribution < -0.4 is 5.32 Å². The number of piperidine rings is 1. The van der Waals surface area contributed by atoms with Crippen LogP contribution in [0.3, 0.4) is 0 Å². The van der Waals surface area contributed by atoms with Gasteiger partial charge < -0.3 is 24.6 Å². The zero-order valence-corrected chi connectivity index (χ0v) is 16.0. The average molecular weight is 354 g/mol. The lowest BCUT2D eigenvalue weighted by Gasteiger charge is -2.34. The van der Waals surface area contributed by atoms with E-state index in [1.54, 1.807) is 19.0 Å². The number of aliphatic imine (C=N–C) groups is 1. The molecule has 2 saturated heterocycles. The molecule has 25 heavy (non-hydrogen) atoms. The summed E-state index contributed by atoms with van der Waals surface area (Å²) in [5.74, 6) is 0.861. The summed E-state index contributed by atoms with van der Waals surface area (Å²) < 4.78 is 11.7. The second-order valence-electron chi connectivity index (χ2n) is 7.01. The minimum atomic E-state index is 0.0191. The molecule has 2 aliphatic heterocycles. The number of ether oxygens (including phenoxy) is 2. The zero-order chi connectivity index (χ0) is 18.1. The molecule has 2 rings (SSSR count). The number of carbonyl (C=O) groups is 1. The van der Waals surface area contributed by atoms with Crippen molar-refractivity contribution in [2.75, 3.05) is 53.5 Å². The summed E-state index contributed by atoms with van der Waals surface area (Å²) in [7, 11) is 3.52. The van der Waals surface area contributed by atoms with Crippen molar-refractivity contribution < 1.29 is 14.3 Å². The van der Waals surface area contributed by atoms with Crippen LogP contribution in [0.4, 0.5) is 0 Å². The van der Waals surface area contributed by atoms with Crippen molar-refractivity contribution in [3.05, 3.63) is 0 Å². The molecule has 1 unspecified atom stereocenters. The van der Waals surface area contributed by atoms with E-state index in [1.807, 2.05) is 0 Å². The average Bonchev–Trinajstić information content (AvgIpc) is 3.14. The topological polar surface area (TPSA) is 66.4 Å². The van der Waals surface area contributed by atoms with Crippen LogP contribution in [-0.2, 0) is 14.3 Å². The number of guanidine groups is 1. The van der Waals surface area contributed by atoms with Gasteiger partial charge in [0, 0.05) is 40.3 Å². The normalized spacial score (nSPS) is 22.3. The molecule has 0 saturated carbocycles. The quantitative estimate of drug-likeness (QED) is 0.548. The maximum Gasteiger partial charge on any atom is 0.243 e. The smallest absolute Gasteiger partial charge is 0.243 e. The van der Waals surface area contributed by atoms with Crippen LogP contribution >= 0.6 is 0 Å². The molecule has 0 radical (unpaired) electrons. The van der Waals surface area contributed by atoms with Gasteiger partial charge in [0.1, 0.15) is 6.54 Å². The van der Waals surface area contributed by atoms with Gasteiger partial charge in [-0.2, -0.15) is 0 Å². The molecule has 1 N–H and O–H groups in total. The Balaban J connectivity index is 1.78. The van der Waals surface area contributed by atoms with Crippen molar-refractivity contribution >= 4 is 11.9 Å². The minimum Gasteiger partial charge on any atom is -0.376 e. The number of nitrogens with zero attached hydrogens (tertiary/aromatic N) is 3. The van der Waals surface area contributed by atoms with Crippen molar-refractivity contribution in [1.29, 1.82) is 0 Å². The van der Waals surface area contributed by atoms with Crippen LogP contribution in [0.25, 0.3) is 0 Å². The van der Waals surface area contributed by atoms with Crippen LogP contribution in [0.2, 0.25) is 0 Å². The van der Waals surface area contributed by atoms with Crippen LogP contribution in [0.5, 0.6) is 0 Å². The van der Waals surface area contributed by atoms with Crippen LogP contribution in [0.1, 0.15) is 39.0 Å². The monoisotopic (exact) mass is 354 g/mol. The molecular weight excluding hydrogens is 320 g/mol. The SMILES string of the molecule is CCCNC(=NCC(=O)N(C)C)N1CCC(OCC2CCCO2)CC1. The highest BCUT2D eigenvalue weighted by molar-refractivity contribution is 5.84. The number of rotatable bonds is 7. The number of likely N-dealkylation sites (tertiary alicyclic amines) is 1. The molecule has 2 fully saturated rings. The fourth-order valence-electron chi connectivity index (χ4n) is 3.04. The van der Waals surface area contributed by atoms with Gasteiger partial charge in [-0.1, -0.05) is 6.92 Å². The molecule has 2 aliphatic rings. The molecule has 1 atom stereocenters. The van der Waals surface area contributed by atoms with Gasteiger partial charge in [0.2, 0.25) is 5.91 Å². The molecular formula is C18H34N4O3. The van der Waals surface area contributed by atoms with Gasteiger partial charge in [0.15, 0.2) is 5.96 Å². The first-order chi connectivity index (χ1) is 12.1. The Kier molecular flexibility index (Phi) is 8.48. The predicted octanol–water partition coefficient (Wildman–Crippen LogP) is 1.09. The molecule has 2 heterocycles. The van der Waals surface area contributed by atoms with E-state index < -0.39 is 0 Å². The van der Waals surface area contributed by atoms with E-state index in [-0.39, 0.29) is 12.5 Å². The third-order valence-electron chi connectivity index (χ3n) is 4.68. The first kappa shape index (κ1) is 20.0. The molecule has 0 aromatic heterocycles. The Morgan fingerprint density at radius 3 is 2.68 bits per heavy atom. The van der Waals surface area contributed by atoms with E-state index in [0.29, 0.717) is 12.2 Å². The lowest BCUT2D eigenvalue weighted by atomic mass is 10.1. The van der Waals surface area contributed by atoms with Gasteiger partial charge in [-0.05, 0) is 32.1 Å². The first-order valence-electron chi connectivity index (χ1n) is 9.56. The molecule has 144 valence electrons. The second-order valence-corrected chi connectivity index (χ2v) is 7.01. The predicted molar refractivity (Wildman–Crippen MR) is 98.8 cm³/mol. The number of likely N-dealkylation sites (N-methyl/N-ethyl adjacent to an activating group) is 1. The summed E-state index contributed by atoms with van der Waals surface area (Å²) in [4.78, 5) is 20.1. The maximum atomic E-state index is 11.8. The highest BCUT2D eigenvalue weighted by atomic mass is 16.5. The van der Waals surface area contributed by atoms with Crippen LogP contribution in [0, 0.1) is 0 Å². The molecule has 1 amide bonds. The lowest BCUT2D eigenvalue weighted by molar-refractivity contribution is -0.127. The van der Waals surface area contributed by atoms with Crippen molar-refractivity contribution in [1.82, 2.24) is 15.1 Å². The van der Waals surface area contributed by atoms with Crippen molar-refractivity contribution in [2.24, 2.45) is 4.99 Å². The van der Waals surface area contributed by atoms with Gasteiger partial charge in [-0.3, -0.25) is 4.79 Å². The van der Waals surface area contributed by atoms with E-state index in [4.69, 9.17) is 9.47 Å². The van der Waals surface area contributed by atoms with E-state index in [1.165, 1.54) is 0 Å². The second kappa shape index (κ2) is 10.6. The summed E-state index contributed by atoms with van der Waals surface area (Å²) >= 11 is 0. The molecule has 0 aromatic carbocycles. The number of nitrogens with one attached hydrogen (secondary N) is 1. The summed E-state index contributed by atoms with van der Waals surface area (Å²) in [6, 6.07) is 0. The highest BCUT2D eigenvalue weighted by Crippen LogP contribution is 2.17. The van der Waals surface area contributed by atoms with Gasteiger partial charge in [0.25, 0.3) is 0 Å². The van der Waals surface area contributed by atoms with Gasteiger partial charge in [0.05, 0.1) is 18.8 Å². The van der Waals surface area contributed by atoms with Crippen molar-refractivity contribution in [3.8, 4) is 0 Å². The van der Waals surface area contributed by atoms with E-state index >= 15 is 0 Å². The minimum absolute atomic E-state index is 0.0191. The number of hydrogen-bond donors (Lipinski definition) is 1. The fourth-order valence-corrected chi connectivity index (χ4v) is 3.04. The van der Waals surface area contributed by atoms with Gasteiger partial charge >= 0.3 is 0 Å². The van der Waals surface area contributed by atoms with Crippen molar-refractivity contribution in [3.63, 3.8) is 0 Å². The zero-order valence-electron chi connectivity index (χ0n) is 16.0. The Hall–Kier alpha value is -1.34. The number of carbonyl (C=O) groups excluding carboxylic acids is 1. The fraction of sp³-hybridized carbons (Fsp3) is 0.889. The van der Waals surface area contributed by atoms with E-state index in [9.17, 15) is 4.79 Å². The van der Waals surface area contributed by atoms with E-state index in [0.717, 1.165) is 70.9 Å². The largest absolute Gasteiger partial charge is 0.376 e. The molecule has 0 aliphatic carbocycles. The Labute approximate surface area is 151 Å². The summed E-state index contributed by atoms with van der Waals surface area (Å²) in [6.45, 7) is 6.58. The highest BCUT2D eigenvalue weighted by Gasteiger charge is 2.24. The molecule has 0 spiro atoms. The molecule has 7 nitrogen and oxygen atoms in total. The van der Waals surface area contributed by atoms with Crippen LogP contribution in [-0.4, -0.2) is 87.4 Å². The summed E-state index contributed by atoms with van der Waals surface area (Å²) in [5.41, 5.74) is 0. The van der Waals surface area contributed by atoms with Gasteiger partial charge in [-0.25, -0.2) is 4.99 Å². The number of hydrogen-bond acceptors (Lipinski definition) is 4. The summed E-state index contributed by atoms with van der Waals surface area (Å²) in [6.07, 6.45) is 5.87. The standard InChI is InChI=1S/C18H34N4O3/c1-4-9-19-18(20-13-17(23)21(2)3)22-10-7-15(8-11-22)25-14-16-6-5-12-24-16/h15-16H,4-14H2,1-3H3,(H,19,20).